The summed E-state index contributed by atoms with van der Waals surface area (Å²) in [6.45, 7) is 0. The smallest absolute Gasteiger partial charge is 0.336 e. The average Bonchev–Trinajstić information content (AvgIpc) is 2.46. The predicted molar refractivity (Wildman–Crippen MR) is 75.0 cm³/mol. The molecule has 0 aliphatic rings. The van der Waals surface area contributed by atoms with Crippen LogP contribution in [0, 0.1) is 10.1 Å². The molecule has 0 aliphatic heterocycles. The number of aliphatic carboxylic acids is 1. The molecule has 0 atom stereocenters. The van der Waals surface area contributed by atoms with Crippen molar-refractivity contribution in [3.05, 3.63) is 75.8 Å². The Balaban J connectivity index is 2.39. The highest BCUT2D eigenvalue weighted by atomic mass is 16.6. The number of non-ortho nitro benzene ring substituents is 1. The van der Waals surface area contributed by atoms with Crippen LogP contribution in [0.25, 0.3) is 11.6 Å². The molecule has 0 fully saturated rings. The number of nitro benzene ring substituents is 1. The molecular weight excluding hydrogens is 258 g/mol. The van der Waals surface area contributed by atoms with E-state index in [1.54, 1.807) is 30.3 Å². The normalized spacial score (nSPS) is 11.1. The Hall–Kier alpha value is -2.95. The second-order valence-corrected chi connectivity index (χ2v) is 4.08. The molecule has 0 amide bonds. The zero-order chi connectivity index (χ0) is 14.5. The number of hydrogen-bond acceptors (Lipinski definition) is 3. The summed E-state index contributed by atoms with van der Waals surface area (Å²) >= 11 is 0. The second kappa shape index (κ2) is 5.79. The highest BCUT2D eigenvalue weighted by Gasteiger charge is 2.10. The minimum atomic E-state index is -1.05. The molecule has 0 radical (unpaired) electrons. The van der Waals surface area contributed by atoms with Gasteiger partial charge in [-0.2, -0.15) is 0 Å². The summed E-state index contributed by atoms with van der Waals surface area (Å²) in [6, 6.07) is 14.4. The first kappa shape index (κ1) is 13.5. The van der Waals surface area contributed by atoms with Gasteiger partial charge in [0.15, 0.2) is 0 Å². The predicted octanol–water partition coefficient (Wildman–Crippen LogP) is 3.22. The van der Waals surface area contributed by atoms with Crippen molar-refractivity contribution in [2.24, 2.45) is 0 Å². The summed E-state index contributed by atoms with van der Waals surface area (Å²) < 4.78 is 0. The van der Waals surface area contributed by atoms with E-state index in [-0.39, 0.29) is 11.3 Å². The molecule has 2 aromatic rings. The van der Waals surface area contributed by atoms with Gasteiger partial charge >= 0.3 is 5.97 Å². The number of nitro groups is 1. The molecule has 0 aromatic heterocycles. The Morgan fingerprint density at radius 3 is 2.15 bits per heavy atom. The van der Waals surface area contributed by atoms with Crippen molar-refractivity contribution in [1.82, 2.24) is 0 Å². The Morgan fingerprint density at radius 2 is 1.65 bits per heavy atom. The van der Waals surface area contributed by atoms with E-state index in [1.807, 2.05) is 0 Å². The zero-order valence-corrected chi connectivity index (χ0v) is 10.4. The summed E-state index contributed by atoms with van der Waals surface area (Å²) in [4.78, 5) is 21.4. The molecule has 0 saturated carbocycles. The average molecular weight is 269 g/mol. The van der Waals surface area contributed by atoms with Crippen LogP contribution in [0.2, 0.25) is 0 Å². The van der Waals surface area contributed by atoms with Crippen molar-refractivity contribution in [2.75, 3.05) is 0 Å². The maximum Gasteiger partial charge on any atom is 0.336 e. The van der Waals surface area contributed by atoms with Crippen molar-refractivity contribution < 1.29 is 14.8 Å². The van der Waals surface area contributed by atoms with Gasteiger partial charge < -0.3 is 5.11 Å². The zero-order valence-electron chi connectivity index (χ0n) is 10.4. The third-order valence-electron chi connectivity index (χ3n) is 2.73. The molecule has 0 bridgehead atoms. The monoisotopic (exact) mass is 269 g/mol. The van der Waals surface area contributed by atoms with Gasteiger partial charge in [0.1, 0.15) is 0 Å². The van der Waals surface area contributed by atoms with Crippen LogP contribution in [0.4, 0.5) is 5.69 Å². The van der Waals surface area contributed by atoms with Gasteiger partial charge in [0, 0.05) is 12.1 Å². The molecule has 0 unspecified atom stereocenters. The minimum Gasteiger partial charge on any atom is -0.478 e. The van der Waals surface area contributed by atoms with E-state index in [2.05, 4.69) is 0 Å². The van der Waals surface area contributed by atoms with Gasteiger partial charge in [-0.15, -0.1) is 0 Å². The van der Waals surface area contributed by atoms with Crippen molar-refractivity contribution in [1.29, 1.82) is 0 Å². The van der Waals surface area contributed by atoms with Crippen LogP contribution in [0.5, 0.6) is 0 Å². The number of nitrogens with zero attached hydrogens (tertiary/aromatic N) is 1. The Morgan fingerprint density at radius 1 is 1.05 bits per heavy atom. The van der Waals surface area contributed by atoms with Crippen molar-refractivity contribution >= 4 is 23.3 Å². The fraction of sp³-hybridized carbons (Fsp3) is 0. The Bertz CT molecular complexity index is 660. The highest BCUT2D eigenvalue weighted by molar-refractivity contribution is 6.20. The van der Waals surface area contributed by atoms with Crippen LogP contribution in [0.15, 0.2) is 54.6 Å². The summed E-state index contributed by atoms with van der Waals surface area (Å²) in [7, 11) is 0. The van der Waals surface area contributed by atoms with E-state index < -0.39 is 10.9 Å². The van der Waals surface area contributed by atoms with Crippen LogP contribution in [0.1, 0.15) is 11.1 Å². The first-order valence-corrected chi connectivity index (χ1v) is 5.83. The lowest BCUT2D eigenvalue weighted by molar-refractivity contribution is -0.384. The van der Waals surface area contributed by atoms with E-state index in [1.165, 1.54) is 30.3 Å². The van der Waals surface area contributed by atoms with E-state index in [0.29, 0.717) is 11.1 Å². The number of benzene rings is 2. The molecule has 20 heavy (non-hydrogen) atoms. The van der Waals surface area contributed by atoms with Gasteiger partial charge in [-0.3, -0.25) is 10.1 Å². The molecule has 100 valence electrons. The van der Waals surface area contributed by atoms with Crippen molar-refractivity contribution in [3.8, 4) is 0 Å². The van der Waals surface area contributed by atoms with E-state index in [0.717, 1.165) is 0 Å². The van der Waals surface area contributed by atoms with Crippen LogP contribution in [-0.2, 0) is 4.79 Å². The van der Waals surface area contributed by atoms with E-state index >= 15 is 0 Å². The Kier molecular flexibility index (Phi) is 3.91. The van der Waals surface area contributed by atoms with Crippen molar-refractivity contribution in [2.45, 2.75) is 0 Å². The molecule has 0 saturated heterocycles. The summed E-state index contributed by atoms with van der Waals surface area (Å²) in [6.07, 6.45) is 1.49. The number of hydrogen-bond donors (Lipinski definition) is 1. The quantitative estimate of drug-likeness (QED) is 0.400. The number of carboxylic acid groups (broad SMARTS) is 1. The number of carbonyl (C=O) groups is 1. The first-order chi connectivity index (χ1) is 9.58. The lowest BCUT2D eigenvalue weighted by Crippen LogP contribution is -1.99. The number of carboxylic acids is 1. The number of rotatable bonds is 4. The Labute approximate surface area is 115 Å². The van der Waals surface area contributed by atoms with Gasteiger partial charge in [-0.25, -0.2) is 4.79 Å². The van der Waals surface area contributed by atoms with E-state index in [4.69, 9.17) is 0 Å². The minimum absolute atomic E-state index is 0.0289. The van der Waals surface area contributed by atoms with Gasteiger partial charge in [-0.1, -0.05) is 30.3 Å². The highest BCUT2D eigenvalue weighted by Crippen LogP contribution is 2.20. The SMILES string of the molecule is O=C(O)/C(=C/c1ccc([N+](=O)[O-])cc1)c1ccccc1. The van der Waals surface area contributed by atoms with Gasteiger partial charge in [0.25, 0.3) is 5.69 Å². The van der Waals surface area contributed by atoms with Crippen LogP contribution >= 0.6 is 0 Å². The van der Waals surface area contributed by atoms with Crippen LogP contribution < -0.4 is 0 Å². The fourth-order valence-electron chi connectivity index (χ4n) is 1.75. The van der Waals surface area contributed by atoms with Gasteiger partial charge in [-0.05, 0) is 29.3 Å². The first-order valence-electron chi connectivity index (χ1n) is 5.83. The molecular formula is C15H11NO4. The lowest BCUT2D eigenvalue weighted by atomic mass is 10.0. The molecule has 5 nitrogen and oxygen atoms in total. The van der Waals surface area contributed by atoms with Gasteiger partial charge in [0.2, 0.25) is 0 Å². The third kappa shape index (κ3) is 3.08. The molecule has 0 heterocycles. The lowest BCUT2D eigenvalue weighted by Gasteiger charge is -2.02. The fourth-order valence-corrected chi connectivity index (χ4v) is 1.75. The summed E-state index contributed by atoms with van der Waals surface area (Å²) in [5.41, 5.74) is 1.29. The van der Waals surface area contributed by atoms with E-state index in [9.17, 15) is 20.0 Å². The van der Waals surface area contributed by atoms with Crippen LogP contribution in [-0.4, -0.2) is 16.0 Å². The maximum absolute atomic E-state index is 11.3. The molecule has 0 spiro atoms. The molecule has 0 aliphatic carbocycles. The summed E-state index contributed by atoms with van der Waals surface area (Å²) in [5, 5.41) is 19.8. The second-order valence-electron chi connectivity index (χ2n) is 4.08. The standard InChI is InChI=1S/C15H11NO4/c17-15(18)14(12-4-2-1-3-5-12)10-11-6-8-13(9-7-11)16(19)20/h1-10H,(H,17,18)/b14-10+. The molecule has 5 heteroatoms. The molecule has 2 rings (SSSR count). The molecule has 2 aromatic carbocycles. The largest absolute Gasteiger partial charge is 0.478 e. The third-order valence-corrected chi connectivity index (χ3v) is 2.73. The summed E-state index contributed by atoms with van der Waals surface area (Å²) in [5.74, 6) is -1.05. The topological polar surface area (TPSA) is 80.4 Å². The maximum atomic E-state index is 11.3. The van der Waals surface area contributed by atoms with Gasteiger partial charge in [0.05, 0.1) is 10.5 Å². The van der Waals surface area contributed by atoms with Crippen LogP contribution in [0.3, 0.4) is 0 Å². The molecule has 1 N–H and O–H groups in total. The van der Waals surface area contributed by atoms with Crippen molar-refractivity contribution in [3.63, 3.8) is 0 Å².